The Balaban J connectivity index is 2.23. The lowest BCUT2D eigenvalue weighted by atomic mass is 9.86. The highest BCUT2D eigenvalue weighted by atomic mass is 16.7. The van der Waals surface area contributed by atoms with Crippen molar-refractivity contribution in [2.75, 3.05) is 34.7 Å². The van der Waals surface area contributed by atoms with E-state index >= 15 is 0 Å². The number of esters is 1. The van der Waals surface area contributed by atoms with Crippen molar-refractivity contribution >= 4 is 5.97 Å². The molecule has 168 valence electrons. The van der Waals surface area contributed by atoms with Crippen LogP contribution in [0, 0.1) is 11.8 Å². The molecule has 1 aliphatic heterocycles. The molecule has 0 fully saturated rings. The molecule has 0 N–H and O–H groups in total. The van der Waals surface area contributed by atoms with Gasteiger partial charge in [-0.3, -0.25) is 0 Å². The predicted molar refractivity (Wildman–Crippen MR) is 119 cm³/mol. The van der Waals surface area contributed by atoms with E-state index in [0.29, 0.717) is 35.2 Å². The molecule has 7 heteroatoms. The molecule has 3 rings (SSSR count). The van der Waals surface area contributed by atoms with Crippen LogP contribution in [0.25, 0.3) is 0 Å². The van der Waals surface area contributed by atoms with Crippen LogP contribution >= 0.6 is 0 Å². The molecule has 0 aromatic heterocycles. The van der Waals surface area contributed by atoms with Crippen molar-refractivity contribution in [1.82, 2.24) is 0 Å². The average Bonchev–Trinajstić information content (AvgIpc) is 3.26. The molecular weight excluding hydrogens is 412 g/mol. The van der Waals surface area contributed by atoms with Gasteiger partial charge in [-0.05, 0) is 54.3 Å². The molecule has 1 heterocycles. The maximum absolute atomic E-state index is 12.0. The van der Waals surface area contributed by atoms with E-state index < -0.39 is 11.9 Å². The summed E-state index contributed by atoms with van der Waals surface area (Å²) in [5.41, 5.74) is 2.54. The molecule has 0 bridgehead atoms. The number of methoxy groups -OCH3 is 3. The van der Waals surface area contributed by atoms with Gasteiger partial charge in [-0.2, -0.15) is 0 Å². The van der Waals surface area contributed by atoms with Gasteiger partial charge in [0.1, 0.15) is 0 Å². The van der Waals surface area contributed by atoms with Crippen molar-refractivity contribution < 1.29 is 33.2 Å². The Hall–Kier alpha value is -3.79. The molecule has 0 amide bonds. The van der Waals surface area contributed by atoms with E-state index in [1.807, 2.05) is 24.3 Å². The van der Waals surface area contributed by atoms with Gasteiger partial charge in [0.05, 0.1) is 33.9 Å². The Bertz CT molecular complexity index is 1040. The maximum Gasteiger partial charge on any atom is 0.384 e. The fraction of sp³-hybridized carbons (Fsp3) is 0.320. The highest BCUT2D eigenvalue weighted by Crippen LogP contribution is 2.44. The van der Waals surface area contributed by atoms with E-state index in [2.05, 4.69) is 18.4 Å². The highest BCUT2D eigenvalue weighted by Gasteiger charge is 2.25. The van der Waals surface area contributed by atoms with Crippen molar-refractivity contribution in [3.05, 3.63) is 53.6 Å². The Morgan fingerprint density at radius 3 is 2.31 bits per heavy atom. The molecule has 1 aliphatic rings. The SMILES string of the molecule is C=CCc1cc2c(cc1C(C#CC(=O)OCC)c1cc(OC)c(OC)c(OC)c1)OCO2. The first-order chi connectivity index (χ1) is 15.6. The van der Waals surface area contributed by atoms with Crippen LogP contribution in [0.4, 0.5) is 0 Å². The average molecular weight is 438 g/mol. The third kappa shape index (κ3) is 4.75. The zero-order valence-corrected chi connectivity index (χ0v) is 18.7. The first-order valence-corrected chi connectivity index (χ1v) is 10.1. The zero-order chi connectivity index (χ0) is 23.1. The van der Waals surface area contributed by atoms with E-state index in [1.54, 1.807) is 27.2 Å². The van der Waals surface area contributed by atoms with E-state index in [0.717, 1.165) is 16.7 Å². The van der Waals surface area contributed by atoms with Gasteiger partial charge in [0.25, 0.3) is 0 Å². The lowest BCUT2D eigenvalue weighted by molar-refractivity contribution is -0.136. The van der Waals surface area contributed by atoms with Gasteiger partial charge in [0.15, 0.2) is 23.0 Å². The minimum absolute atomic E-state index is 0.148. The summed E-state index contributed by atoms with van der Waals surface area (Å²) in [4.78, 5) is 12.0. The molecule has 1 atom stereocenters. The molecule has 1 unspecified atom stereocenters. The second-order valence-corrected chi connectivity index (χ2v) is 6.78. The smallest absolute Gasteiger partial charge is 0.384 e. The summed E-state index contributed by atoms with van der Waals surface area (Å²) in [5.74, 6) is 7.25. The monoisotopic (exact) mass is 438 g/mol. The number of hydrogen-bond donors (Lipinski definition) is 0. The summed E-state index contributed by atoms with van der Waals surface area (Å²) >= 11 is 0. The van der Waals surface area contributed by atoms with Gasteiger partial charge in [-0.15, -0.1) is 6.58 Å². The minimum atomic E-state index is -0.601. The van der Waals surface area contributed by atoms with Crippen molar-refractivity contribution in [3.8, 4) is 40.6 Å². The number of carbonyl (C=O) groups excluding carboxylic acids is 1. The maximum atomic E-state index is 12.0. The Labute approximate surface area is 187 Å². The molecule has 0 spiro atoms. The largest absolute Gasteiger partial charge is 0.493 e. The Kier molecular flexibility index (Phi) is 7.50. The van der Waals surface area contributed by atoms with Gasteiger partial charge in [0.2, 0.25) is 12.5 Å². The highest BCUT2D eigenvalue weighted by molar-refractivity contribution is 5.88. The van der Waals surface area contributed by atoms with Crippen LogP contribution in [0.15, 0.2) is 36.9 Å². The topological polar surface area (TPSA) is 72.5 Å². The minimum Gasteiger partial charge on any atom is -0.493 e. The van der Waals surface area contributed by atoms with Crippen LogP contribution in [0.2, 0.25) is 0 Å². The zero-order valence-electron chi connectivity index (χ0n) is 18.7. The lowest BCUT2D eigenvalue weighted by Crippen LogP contribution is -2.07. The van der Waals surface area contributed by atoms with E-state index in [4.69, 9.17) is 28.4 Å². The standard InChI is InChI=1S/C25H26O7/c1-6-8-16-11-20-21(32-15-31-20)14-19(16)18(9-10-24(26)30-7-2)17-12-22(27-3)25(29-5)23(13-17)28-4/h6,11-14,18H,1,7-8,15H2,2-5H3. The number of hydrogen-bond acceptors (Lipinski definition) is 7. The number of allylic oxidation sites excluding steroid dienone is 1. The number of rotatable bonds is 8. The molecule has 32 heavy (non-hydrogen) atoms. The van der Waals surface area contributed by atoms with Crippen molar-refractivity contribution in [2.24, 2.45) is 0 Å². The van der Waals surface area contributed by atoms with Gasteiger partial charge in [0, 0.05) is 5.92 Å². The first-order valence-electron chi connectivity index (χ1n) is 10.1. The van der Waals surface area contributed by atoms with E-state index in [-0.39, 0.29) is 13.4 Å². The molecule has 7 nitrogen and oxygen atoms in total. The summed E-state index contributed by atoms with van der Waals surface area (Å²) < 4.78 is 32.6. The lowest BCUT2D eigenvalue weighted by Gasteiger charge is -2.20. The molecular formula is C25H26O7. The summed E-state index contributed by atoms with van der Waals surface area (Å²) in [6.45, 7) is 5.99. The second kappa shape index (κ2) is 10.5. The van der Waals surface area contributed by atoms with Crippen LogP contribution < -0.4 is 23.7 Å². The van der Waals surface area contributed by atoms with Crippen LogP contribution in [0.3, 0.4) is 0 Å². The Morgan fingerprint density at radius 2 is 1.75 bits per heavy atom. The Morgan fingerprint density at radius 1 is 1.09 bits per heavy atom. The fourth-order valence-electron chi connectivity index (χ4n) is 3.51. The summed E-state index contributed by atoms with van der Waals surface area (Å²) in [7, 11) is 4.63. The molecule has 0 aliphatic carbocycles. The summed E-state index contributed by atoms with van der Waals surface area (Å²) in [6, 6.07) is 7.42. The quantitative estimate of drug-likeness (QED) is 0.268. The van der Waals surface area contributed by atoms with Crippen molar-refractivity contribution in [2.45, 2.75) is 19.3 Å². The number of fused-ring (bicyclic) bond motifs is 1. The normalized spacial score (nSPS) is 12.2. The first kappa shape index (κ1) is 22.9. The molecule has 0 radical (unpaired) electrons. The summed E-state index contributed by atoms with van der Waals surface area (Å²) in [5, 5.41) is 0. The fourth-order valence-corrected chi connectivity index (χ4v) is 3.51. The van der Waals surface area contributed by atoms with Crippen LogP contribution in [0.5, 0.6) is 28.7 Å². The van der Waals surface area contributed by atoms with Gasteiger partial charge in [-0.25, -0.2) is 4.79 Å². The van der Waals surface area contributed by atoms with Crippen molar-refractivity contribution in [3.63, 3.8) is 0 Å². The molecule has 2 aromatic rings. The van der Waals surface area contributed by atoms with Gasteiger partial charge < -0.3 is 28.4 Å². The van der Waals surface area contributed by atoms with E-state index in [1.165, 1.54) is 7.11 Å². The van der Waals surface area contributed by atoms with Crippen LogP contribution in [0.1, 0.15) is 29.5 Å². The van der Waals surface area contributed by atoms with Crippen LogP contribution in [-0.4, -0.2) is 40.7 Å². The number of carbonyl (C=O) groups is 1. The molecule has 0 saturated carbocycles. The van der Waals surface area contributed by atoms with Gasteiger partial charge in [-0.1, -0.05) is 12.0 Å². The number of ether oxygens (including phenoxy) is 6. The molecule has 0 saturated heterocycles. The third-order valence-corrected chi connectivity index (χ3v) is 4.92. The third-order valence-electron chi connectivity index (χ3n) is 4.92. The number of benzene rings is 2. The predicted octanol–water partition coefficient (Wildman–Crippen LogP) is 3.87. The van der Waals surface area contributed by atoms with Crippen LogP contribution in [-0.2, 0) is 16.0 Å². The van der Waals surface area contributed by atoms with Gasteiger partial charge >= 0.3 is 5.97 Å². The second-order valence-electron chi connectivity index (χ2n) is 6.78. The van der Waals surface area contributed by atoms with Crippen molar-refractivity contribution in [1.29, 1.82) is 0 Å². The summed E-state index contributed by atoms with van der Waals surface area (Å²) in [6.07, 6.45) is 2.38. The van der Waals surface area contributed by atoms with E-state index in [9.17, 15) is 4.79 Å². The molecule has 2 aromatic carbocycles.